The van der Waals surface area contributed by atoms with E-state index in [0.717, 1.165) is 36.5 Å². The van der Waals surface area contributed by atoms with Crippen LogP contribution in [0.15, 0.2) is 54.6 Å². The molecular weight excluding hydrogens is 360 g/mol. The van der Waals surface area contributed by atoms with Crippen LogP contribution in [0, 0.1) is 23.7 Å². The minimum absolute atomic E-state index is 0.274. The Kier molecular flexibility index (Phi) is 5.15. The predicted molar refractivity (Wildman–Crippen MR) is 114 cm³/mol. The van der Waals surface area contributed by atoms with E-state index in [9.17, 15) is 0 Å². The Hall–Kier alpha value is -3.43. The molecule has 1 aliphatic heterocycles. The summed E-state index contributed by atoms with van der Waals surface area (Å²) in [6.07, 6.45) is 1.03. The van der Waals surface area contributed by atoms with Crippen LogP contribution in [-0.2, 0) is 0 Å². The largest absolute Gasteiger partial charge is 0.365 e. The van der Waals surface area contributed by atoms with Gasteiger partial charge >= 0.3 is 0 Å². The third-order valence-corrected chi connectivity index (χ3v) is 5.29. The molecule has 0 spiro atoms. The van der Waals surface area contributed by atoms with Crippen molar-refractivity contribution in [1.82, 2.24) is 20.0 Å². The third-order valence-electron chi connectivity index (χ3n) is 5.29. The molecule has 1 fully saturated rings. The van der Waals surface area contributed by atoms with Crippen LogP contribution < -0.4 is 5.32 Å². The first-order valence-corrected chi connectivity index (χ1v) is 9.75. The van der Waals surface area contributed by atoms with Crippen LogP contribution in [0.25, 0.3) is 16.9 Å². The minimum atomic E-state index is 0.274. The van der Waals surface area contributed by atoms with Crippen molar-refractivity contribution in [2.75, 3.05) is 20.1 Å². The highest BCUT2D eigenvalue weighted by atomic mass is 15.3. The Morgan fingerprint density at radius 2 is 1.90 bits per heavy atom. The molecule has 4 rings (SSSR count). The van der Waals surface area contributed by atoms with Crippen LogP contribution >= 0.6 is 0 Å². The van der Waals surface area contributed by atoms with E-state index in [4.69, 9.17) is 15.8 Å². The van der Waals surface area contributed by atoms with Gasteiger partial charge in [-0.15, -0.1) is 0 Å². The van der Waals surface area contributed by atoms with Crippen LogP contribution in [0.2, 0.25) is 0 Å². The molecule has 6 heteroatoms. The van der Waals surface area contributed by atoms with Gasteiger partial charge in [-0.25, -0.2) is 4.68 Å². The van der Waals surface area contributed by atoms with Crippen molar-refractivity contribution in [3.8, 4) is 23.0 Å². The lowest BCUT2D eigenvalue weighted by molar-refractivity contribution is 0.407. The number of nitrogens with zero attached hydrogens (tertiary/aromatic N) is 4. The highest BCUT2D eigenvalue weighted by Gasteiger charge is 2.22. The zero-order valence-electron chi connectivity index (χ0n) is 16.7. The van der Waals surface area contributed by atoms with Crippen LogP contribution in [0.1, 0.15) is 23.2 Å². The number of hydrogen-bond donors (Lipinski definition) is 2. The van der Waals surface area contributed by atoms with Crippen LogP contribution in [0.4, 0.5) is 0 Å². The van der Waals surface area contributed by atoms with Gasteiger partial charge in [0, 0.05) is 18.2 Å². The Morgan fingerprint density at radius 1 is 1.17 bits per heavy atom. The van der Waals surface area contributed by atoms with E-state index in [1.54, 1.807) is 12.1 Å². The molecule has 3 aromatic rings. The Morgan fingerprint density at radius 3 is 2.52 bits per heavy atom. The van der Waals surface area contributed by atoms with E-state index < -0.39 is 0 Å². The maximum Gasteiger partial charge on any atom is 0.146 e. The number of likely N-dealkylation sites (N-methyl/N-ethyl adjacent to an activating group) is 1. The molecule has 0 aliphatic carbocycles. The summed E-state index contributed by atoms with van der Waals surface area (Å²) in [5.74, 6) is 0.339. The maximum atomic E-state index is 9.08. The van der Waals surface area contributed by atoms with Gasteiger partial charge in [-0.05, 0) is 57.3 Å². The first kappa shape index (κ1) is 18.9. The molecule has 1 saturated heterocycles. The molecule has 6 nitrogen and oxygen atoms in total. The zero-order chi connectivity index (χ0) is 20.4. The molecule has 0 radical (unpaired) electrons. The number of likely N-dealkylation sites (tertiary alicyclic amines) is 1. The molecule has 0 amide bonds. The van der Waals surface area contributed by atoms with Gasteiger partial charge < -0.3 is 10.2 Å². The number of benzene rings is 2. The molecule has 1 aromatic heterocycles. The van der Waals surface area contributed by atoms with Crippen molar-refractivity contribution in [3.05, 3.63) is 71.4 Å². The monoisotopic (exact) mass is 384 g/mol. The summed E-state index contributed by atoms with van der Waals surface area (Å²) in [6, 6.07) is 20.0. The van der Waals surface area contributed by atoms with E-state index in [0.29, 0.717) is 17.1 Å². The number of aryl methyl sites for hydroxylation is 1. The van der Waals surface area contributed by atoms with Crippen molar-refractivity contribution in [1.29, 1.82) is 10.7 Å². The van der Waals surface area contributed by atoms with E-state index in [1.165, 1.54) is 5.56 Å². The van der Waals surface area contributed by atoms with E-state index in [1.807, 2.05) is 35.0 Å². The molecule has 2 heterocycles. The van der Waals surface area contributed by atoms with Crippen LogP contribution in [-0.4, -0.2) is 46.7 Å². The lowest BCUT2D eigenvalue weighted by Crippen LogP contribution is -2.36. The van der Waals surface area contributed by atoms with Crippen molar-refractivity contribution in [2.24, 2.45) is 0 Å². The van der Waals surface area contributed by atoms with Gasteiger partial charge in [-0.1, -0.05) is 29.8 Å². The molecular formula is C23H24N6. The average Bonchev–Trinajstić information content (AvgIpc) is 3.35. The molecule has 146 valence electrons. The summed E-state index contributed by atoms with van der Waals surface area (Å²) in [7, 11) is 2.10. The van der Waals surface area contributed by atoms with Gasteiger partial charge in [0.1, 0.15) is 11.5 Å². The second kappa shape index (κ2) is 7.90. The third kappa shape index (κ3) is 4.05. The van der Waals surface area contributed by atoms with Gasteiger partial charge in [-0.2, -0.15) is 10.4 Å². The normalized spacial score (nSPS) is 16.5. The summed E-state index contributed by atoms with van der Waals surface area (Å²) >= 11 is 0. The number of aromatic nitrogens is 2. The second-order valence-electron chi connectivity index (χ2n) is 7.62. The first-order chi connectivity index (χ1) is 14.0. The highest BCUT2D eigenvalue weighted by Crippen LogP contribution is 2.25. The molecule has 2 aromatic carbocycles. The summed E-state index contributed by atoms with van der Waals surface area (Å²) in [5.41, 5.74) is 5.20. The van der Waals surface area contributed by atoms with Gasteiger partial charge in [0.05, 0.1) is 23.0 Å². The number of nitriles is 1. The standard InChI is InChI=1S/C23H24N6/c1-16-3-9-20(10-4-16)29-22(18-7-5-17(14-24)6-8-18)13-21(27-29)23(25)26-19-11-12-28(2)15-19/h3-10,13,19H,11-12,15H2,1-2H3,(H2,25,26). The molecule has 2 N–H and O–H groups in total. The molecule has 0 saturated carbocycles. The van der Waals surface area contributed by atoms with Crippen molar-refractivity contribution in [3.63, 3.8) is 0 Å². The van der Waals surface area contributed by atoms with Crippen LogP contribution in [0.3, 0.4) is 0 Å². The summed E-state index contributed by atoms with van der Waals surface area (Å²) in [5, 5.41) is 25.7. The predicted octanol–water partition coefficient (Wildman–Crippen LogP) is 3.34. The molecule has 1 aliphatic rings. The summed E-state index contributed by atoms with van der Waals surface area (Å²) < 4.78 is 1.87. The van der Waals surface area contributed by atoms with E-state index in [2.05, 4.69) is 42.4 Å². The molecule has 1 atom stereocenters. The minimum Gasteiger partial charge on any atom is -0.365 e. The fourth-order valence-corrected chi connectivity index (χ4v) is 3.64. The molecule has 29 heavy (non-hydrogen) atoms. The fraction of sp³-hybridized carbons (Fsp3) is 0.261. The fourth-order valence-electron chi connectivity index (χ4n) is 3.64. The van der Waals surface area contributed by atoms with Crippen molar-refractivity contribution >= 4 is 5.84 Å². The summed E-state index contributed by atoms with van der Waals surface area (Å²) in [6.45, 7) is 4.03. The number of amidine groups is 1. The van der Waals surface area contributed by atoms with E-state index in [-0.39, 0.29) is 6.04 Å². The van der Waals surface area contributed by atoms with Gasteiger partial charge in [0.2, 0.25) is 0 Å². The highest BCUT2D eigenvalue weighted by molar-refractivity contribution is 5.96. The topological polar surface area (TPSA) is 80.7 Å². The molecule has 1 unspecified atom stereocenters. The van der Waals surface area contributed by atoms with Gasteiger partial charge in [0.15, 0.2) is 0 Å². The van der Waals surface area contributed by atoms with Crippen molar-refractivity contribution in [2.45, 2.75) is 19.4 Å². The smallest absolute Gasteiger partial charge is 0.146 e. The molecule has 0 bridgehead atoms. The lowest BCUT2D eigenvalue weighted by Gasteiger charge is -2.13. The average molecular weight is 384 g/mol. The van der Waals surface area contributed by atoms with Gasteiger partial charge in [0.25, 0.3) is 0 Å². The maximum absolute atomic E-state index is 9.08. The Bertz CT molecular complexity index is 1060. The second-order valence-corrected chi connectivity index (χ2v) is 7.62. The zero-order valence-corrected chi connectivity index (χ0v) is 16.7. The van der Waals surface area contributed by atoms with E-state index >= 15 is 0 Å². The number of hydrogen-bond acceptors (Lipinski definition) is 4. The van der Waals surface area contributed by atoms with Gasteiger partial charge in [-0.3, -0.25) is 5.41 Å². The summed E-state index contributed by atoms with van der Waals surface area (Å²) in [4.78, 5) is 2.26. The quantitative estimate of drug-likeness (QED) is 0.534. The lowest BCUT2D eigenvalue weighted by atomic mass is 10.1. The number of rotatable bonds is 4. The Balaban J connectivity index is 1.70. The van der Waals surface area contributed by atoms with Crippen LogP contribution in [0.5, 0.6) is 0 Å². The first-order valence-electron chi connectivity index (χ1n) is 9.75. The Labute approximate surface area is 170 Å². The number of nitrogens with one attached hydrogen (secondary N) is 2. The van der Waals surface area contributed by atoms with Crippen molar-refractivity contribution < 1.29 is 0 Å². The SMILES string of the molecule is Cc1ccc(-n2nc(C(=N)NC3CCN(C)C3)cc2-c2ccc(C#N)cc2)cc1.